The molecule has 25 heavy (non-hydrogen) atoms. The molecule has 2 aromatic rings. The van der Waals surface area contributed by atoms with Crippen LogP contribution < -0.4 is 5.84 Å². The fourth-order valence-corrected chi connectivity index (χ4v) is 3.69. The molecule has 2 N–H and O–H groups in total. The highest BCUT2D eigenvalue weighted by atomic mass is 16.5. The molecule has 0 aromatic heterocycles. The first-order valence-corrected chi connectivity index (χ1v) is 8.95. The number of carbonyl (C=O) groups excluding carboxylic acids is 1. The minimum atomic E-state index is -0.384. The maximum Gasteiger partial charge on any atom is 0.317 e. The first-order chi connectivity index (χ1) is 12.1. The lowest BCUT2D eigenvalue weighted by molar-refractivity contribution is -0.929. The van der Waals surface area contributed by atoms with Crippen molar-refractivity contribution in [3.05, 3.63) is 71.8 Å². The predicted molar refractivity (Wildman–Crippen MR) is 98.5 cm³/mol. The number of benzene rings is 2. The first kappa shape index (κ1) is 17.6. The van der Waals surface area contributed by atoms with E-state index in [2.05, 4.69) is 0 Å². The van der Waals surface area contributed by atoms with Crippen molar-refractivity contribution in [2.45, 2.75) is 18.8 Å². The second-order valence-corrected chi connectivity index (χ2v) is 7.28. The van der Waals surface area contributed by atoms with Gasteiger partial charge in [0.1, 0.15) is 12.5 Å². The monoisotopic (exact) mass is 339 g/mol. The standard InChI is InChI=1S/C21H27N2O2/c1-23(22)14-8-9-17(15-23)16-25-21(24)20(18-10-4-2-5-11-18)19-12-6-3-7-13-19/h2-7,10-13,17,20H,8-9,14-16,22H2,1H3/q+1. The lowest BCUT2D eigenvalue weighted by Gasteiger charge is -2.36. The summed E-state index contributed by atoms with van der Waals surface area (Å²) in [6.45, 7) is 2.29. The van der Waals surface area contributed by atoms with Crippen LogP contribution in [0, 0.1) is 5.92 Å². The number of carbonyl (C=O) groups is 1. The van der Waals surface area contributed by atoms with Crippen molar-refractivity contribution in [2.75, 3.05) is 26.7 Å². The second kappa shape index (κ2) is 7.81. The van der Waals surface area contributed by atoms with Crippen LogP contribution in [0.3, 0.4) is 0 Å². The molecule has 0 amide bonds. The molecule has 1 saturated heterocycles. The van der Waals surface area contributed by atoms with Gasteiger partial charge in [0.05, 0.1) is 20.2 Å². The molecule has 4 nitrogen and oxygen atoms in total. The summed E-state index contributed by atoms with van der Waals surface area (Å²) in [5.74, 6) is 5.98. The van der Waals surface area contributed by atoms with E-state index >= 15 is 0 Å². The number of likely N-dealkylation sites (tertiary alicyclic amines) is 1. The molecule has 2 aromatic carbocycles. The average Bonchev–Trinajstić information content (AvgIpc) is 2.61. The molecule has 1 fully saturated rings. The van der Waals surface area contributed by atoms with Gasteiger partial charge in [-0.1, -0.05) is 60.7 Å². The fourth-order valence-electron chi connectivity index (χ4n) is 3.69. The average molecular weight is 339 g/mol. The van der Waals surface area contributed by atoms with Gasteiger partial charge < -0.3 is 4.74 Å². The van der Waals surface area contributed by atoms with E-state index in [1.807, 2.05) is 67.7 Å². The second-order valence-electron chi connectivity index (χ2n) is 7.28. The van der Waals surface area contributed by atoms with Crippen molar-refractivity contribution in [1.82, 2.24) is 0 Å². The summed E-state index contributed by atoms with van der Waals surface area (Å²) in [5, 5.41) is 0. The Morgan fingerprint density at radius 3 is 2.20 bits per heavy atom. The SMILES string of the molecule is C[N+]1(N)CCCC(COC(=O)C(c2ccccc2)c2ccccc2)C1. The van der Waals surface area contributed by atoms with Gasteiger partial charge in [-0.15, -0.1) is 0 Å². The summed E-state index contributed by atoms with van der Waals surface area (Å²) >= 11 is 0. The Balaban J connectivity index is 1.72. The Morgan fingerprint density at radius 2 is 1.68 bits per heavy atom. The molecule has 1 aliphatic heterocycles. The van der Waals surface area contributed by atoms with Gasteiger partial charge in [-0.25, -0.2) is 0 Å². The van der Waals surface area contributed by atoms with E-state index in [0.29, 0.717) is 17.1 Å². The van der Waals surface area contributed by atoms with E-state index in [9.17, 15) is 4.79 Å². The number of hydrogen-bond acceptors (Lipinski definition) is 3. The fraction of sp³-hybridized carbons (Fsp3) is 0.381. The zero-order valence-electron chi connectivity index (χ0n) is 14.8. The smallest absolute Gasteiger partial charge is 0.317 e. The quantitative estimate of drug-likeness (QED) is 0.517. The zero-order valence-corrected chi connectivity index (χ0v) is 14.8. The topological polar surface area (TPSA) is 52.3 Å². The highest BCUT2D eigenvalue weighted by Crippen LogP contribution is 2.27. The van der Waals surface area contributed by atoms with Gasteiger partial charge in [-0.05, 0) is 24.0 Å². The molecular weight excluding hydrogens is 312 g/mol. The molecule has 2 unspecified atom stereocenters. The minimum absolute atomic E-state index is 0.186. The zero-order chi connectivity index (χ0) is 17.7. The van der Waals surface area contributed by atoms with Crippen LogP contribution in [-0.4, -0.2) is 37.3 Å². The van der Waals surface area contributed by atoms with Gasteiger partial charge in [-0.3, -0.25) is 9.39 Å². The molecule has 3 rings (SSSR count). The third-order valence-corrected chi connectivity index (χ3v) is 4.92. The van der Waals surface area contributed by atoms with Crippen molar-refractivity contribution in [3.63, 3.8) is 0 Å². The molecule has 2 atom stereocenters. The summed E-state index contributed by atoms with van der Waals surface area (Å²) in [5.41, 5.74) is 1.92. The van der Waals surface area contributed by atoms with Crippen molar-refractivity contribution in [3.8, 4) is 0 Å². The third-order valence-electron chi connectivity index (χ3n) is 4.92. The Bertz CT molecular complexity index is 646. The predicted octanol–water partition coefficient (Wildman–Crippen LogP) is 3.09. The molecule has 132 valence electrons. The van der Waals surface area contributed by atoms with Gasteiger partial charge >= 0.3 is 5.97 Å². The first-order valence-electron chi connectivity index (χ1n) is 8.95. The largest absolute Gasteiger partial charge is 0.464 e. The van der Waals surface area contributed by atoms with Crippen LogP contribution >= 0.6 is 0 Å². The molecule has 0 radical (unpaired) electrons. The highest BCUT2D eigenvalue weighted by Gasteiger charge is 2.31. The molecule has 0 spiro atoms. The van der Waals surface area contributed by atoms with Gasteiger partial charge in [0.25, 0.3) is 0 Å². The summed E-state index contributed by atoms with van der Waals surface area (Å²) in [4.78, 5) is 12.9. The summed E-state index contributed by atoms with van der Waals surface area (Å²) < 4.78 is 6.26. The van der Waals surface area contributed by atoms with Gasteiger partial charge in [0.2, 0.25) is 0 Å². The maximum absolute atomic E-state index is 12.9. The van der Waals surface area contributed by atoms with Gasteiger partial charge in [0.15, 0.2) is 0 Å². The van der Waals surface area contributed by atoms with Crippen molar-refractivity contribution < 1.29 is 14.1 Å². The van der Waals surface area contributed by atoms with Crippen molar-refractivity contribution >= 4 is 5.97 Å². The number of piperidine rings is 1. The van der Waals surface area contributed by atoms with Gasteiger partial charge in [0, 0.05) is 5.92 Å². The number of hydrogen-bond donors (Lipinski definition) is 1. The Hall–Kier alpha value is -2.17. The van der Waals surface area contributed by atoms with Crippen LogP contribution in [0.25, 0.3) is 0 Å². The molecule has 1 heterocycles. The number of nitrogens with two attached hydrogens (primary N) is 1. The molecule has 0 saturated carbocycles. The Morgan fingerprint density at radius 1 is 1.12 bits per heavy atom. The van der Waals surface area contributed by atoms with Crippen LogP contribution in [0.15, 0.2) is 60.7 Å². The summed E-state index contributed by atoms with van der Waals surface area (Å²) in [7, 11) is 2.03. The van der Waals surface area contributed by atoms with E-state index in [1.165, 1.54) is 0 Å². The van der Waals surface area contributed by atoms with Crippen LogP contribution in [-0.2, 0) is 9.53 Å². The molecule has 1 aliphatic rings. The molecule has 4 heteroatoms. The maximum atomic E-state index is 12.9. The number of nitrogens with zero attached hydrogens (tertiary/aromatic N) is 1. The van der Waals surface area contributed by atoms with Crippen LogP contribution in [0.2, 0.25) is 0 Å². The number of esters is 1. The van der Waals surface area contributed by atoms with Crippen molar-refractivity contribution in [1.29, 1.82) is 0 Å². The third kappa shape index (κ3) is 4.68. The van der Waals surface area contributed by atoms with Gasteiger partial charge in [-0.2, -0.15) is 5.84 Å². The van der Waals surface area contributed by atoms with E-state index in [4.69, 9.17) is 10.6 Å². The summed E-state index contributed by atoms with van der Waals surface area (Å²) in [6.07, 6.45) is 2.15. The minimum Gasteiger partial charge on any atom is -0.464 e. The lowest BCUT2D eigenvalue weighted by atomic mass is 9.91. The number of ether oxygens (including phenoxy) is 1. The lowest BCUT2D eigenvalue weighted by Crippen LogP contribution is -2.57. The summed E-state index contributed by atoms with van der Waals surface area (Å²) in [6, 6.07) is 19.7. The number of quaternary nitrogens is 1. The molecule has 0 bridgehead atoms. The van der Waals surface area contributed by atoms with E-state index < -0.39 is 0 Å². The Labute approximate surface area is 149 Å². The highest BCUT2D eigenvalue weighted by molar-refractivity contribution is 5.82. The van der Waals surface area contributed by atoms with Crippen molar-refractivity contribution in [2.24, 2.45) is 11.8 Å². The Kier molecular flexibility index (Phi) is 5.51. The van der Waals surface area contributed by atoms with E-state index in [-0.39, 0.29) is 11.9 Å². The van der Waals surface area contributed by atoms with Crippen LogP contribution in [0.5, 0.6) is 0 Å². The molecule has 0 aliphatic carbocycles. The van der Waals surface area contributed by atoms with E-state index in [0.717, 1.165) is 37.1 Å². The molecular formula is C21H27N2O2+. The normalized spacial score (nSPS) is 23.4. The van der Waals surface area contributed by atoms with Crippen LogP contribution in [0.1, 0.15) is 29.9 Å². The van der Waals surface area contributed by atoms with E-state index in [1.54, 1.807) is 0 Å². The number of rotatable bonds is 5. The van der Waals surface area contributed by atoms with Crippen LogP contribution in [0.4, 0.5) is 0 Å².